The molecule has 0 aliphatic carbocycles. The summed E-state index contributed by atoms with van der Waals surface area (Å²) in [4.78, 5) is 12.2. The molecule has 2 unspecified atom stereocenters. The first-order chi connectivity index (χ1) is 9.74. The van der Waals surface area contributed by atoms with Gasteiger partial charge in [0.2, 0.25) is 0 Å². The van der Waals surface area contributed by atoms with E-state index >= 15 is 0 Å². The Morgan fingerprint density at radius 1 is 1.15 bits per heavy atom. The average molecular weight is 274 g/mol. The highest BCUT2D eigenvalue weighted by Crippen LogP contribution is 2.28. The minimum Gasteiger partial charge on any atom is -0.466 e. The van der Waals surface area contributed by atoms with Crippen LogP contribution in [0.25, 0.3) is 0 Å². The van der Waals surface area contributed by atoms with Gasteiger partial charge in [0.1, 0.15) is 11.9 Å². The van der Waals surface area contributed by atoms with Gasteiger partial charge < -0.3 is 9.47 Å². The van der Waals surface area contributed by atoms with Crippen LogP contribution in [0.1, 0.15) is 49.9 Å². The summed E-state index contributed by atoms with van der Waals surface area (Å²) in [5, 5.41) is 0. The lowest BCUT2D eigenvalue weighted by molar-refractivity contribution is -0.0587. The van der Waals surface area contributed by atoms with Crippen molar-refractivity contribution in [1.29, 1.82) is 0 Å². The van der Waals surface area contributed by atoms with E-state index in [0.29, 0.717) is 11.3 Å². The largest absolute Gasteiger partial charge is 0.466 e. The van der Waals surface area contributed by atoms with E-state index in [1.807, 2.05) is 30.3 Å². The Balaban J connectivity index is 2.11. The molecule has 2 atom stereocenters. The zero-order valence-corrected chi connectivity index (χ0v) is 12.2. The summed E-state index contributed by atoms with van der Waals surface area (Å²) in [7, 11) is 0. The number of carbonyl (C=O) groups is 1. The minimum absolute atomic E-state index is 0.0255. The van der Waals surface area contributed by atoms with Crippen molar-refractivity contribution in [2.24, 2.45) is 0 Å². The van der Waals surface area contributed by atoms with Gasteiger partial charge in [-0.3, -0.25) is 4.79 Å². The first-order valence-electron chi connectivity index (χ1n) is 7.37. The second kappa shape index (κ2) is 7.25. The third-order valence-corrected chi connectivity index (χ3v) is 3.31. The van der Waals surface area contributed by atoms with Crippen molar-refractivity contribution < 1.29 is 14.3 Å². The van der Waals surface area contributed by atoms with E-state index < -0.39 is 0 Å². The van der Waals surface area contributed by atoms with Gasteiger partial charge in [0.15, 0.2) is 12.1 Å². The van der Waals surface area contributed by atoms with E-state index in [9.17, 15) is 4.79 Å². The molecule has 3 nitrogen and oxygen atoms in total. The maximum Gasteiger partial charge on any atom is 0.200 e. The molecule has 0 saturated carbocycles. The van der Waals surface area contributed by atoms with Crippen LogP contribution in [-0.4, -0.2) is 18.2 Å². The van der Waals surface area contributed by atoms with Crippen LogP contribution in [0.15, 0.2) is 42.2 Å². The third-order valence-electron chi connectivity index (χ3n) is 3.31. The molecular formula is C17H22O3. The summed E-state index contributed by atoms with van der Waals surface area (Å²) in [6, 6.07) is 9.25. The van der Waals surface area contributed by atoms with E-state index in [4.69, 9.17) is 9.47 Å². The Morgan fingerprint density at radius 2 is 1.85 bits per heavy atom. The van der Waals surface area contributed by atoms with Crippen LogP contribution in [0.5, 0.6) is 0 Å². The van der Waals surface area contributed by atoms with E-state index in [2.05, 4.69) is 13.8 Å². The minimum atomic E-state index is -0.202. The number of hydrogen-bond acceptors (Lipinski definition) is 3. The van der Waals surface area contributed by atoms with E-state index in [1.54, 1.807) is 6.08 Å². The normalized spacial score (nSPS) is 23.8. The molecule has 1 heterocycles. The van der Waals surface area contributed by atoms with Gasteiger partial charge >= 0.3 is 0 Å². The first-order valence-corrected chi connectivity index (χ1v) is 7.37. The van der Waals surface area contributed by atoms with Gasteiger partial charge in [-0.05, 0) is 6.42 Å². The van der Waals surface area contributed by atoms with Crippen molar-refractivity contribution in [3.8, 4) is 0 Å². The fraction of sp³-hybridized carbons (Fsp3) is 0.471. The van der Waals surface area contributed by atoms with Crippen LogP contribution in [-0.2, 0) is 9.47 Å². The summed E-state index contributed by atoms with van der Waals surface area (Å²) >= 11 is 0. The van der Waals surface area contributed by atoms with Gasteiger partial charge in [-0.1, -0.05) is 57.0 Å². The molecule has 0 amide bonds. The van der Waals surface area contributed by atoms with Gasteiger partial charge in [0, 0.05) is 18.1 Å². The topological polar surface area (TPSA) is 35.5 Å². The van der Waals surface area contributed by atoms with Crippen molar-refractivity contribution in [2.45, 2.75) is 51.9 Å². The summed E-state index contributed by atoms with van der Waals surface area (Å²) in [5.74, 6) is 0.654. The average Bonchev–Trinajstić information content (AvgIpc) is 2.82. The fourth-order valence-corrected chi connectivity index (χ4v) is 2.28. The maximum atomic E-state index is 12.2. The molecule has 20 heavy (non-hydrogen) atoms. The maximum absolute atomic E-state index is 12.2. The second-order valence-corrected chi connectivity index (χ2v) is 5.03. The number of allylic oxidation sites excluding steroid dienone is 1. The van der Waals surface area contributed by atoms with Crippen molar-refractivity contribution in [2.75, 3.05) is 0 Å². The zero-order chi connectivity index (χ0) is 14.4. The molecule has 0 spiro atoms. The van der Waals surface area contributed by atoms with Crippen molar-refractivity contribution >= 4 is 5.78 Å². The van der Waals surface area contributed by atoms with Gasteiger partial charge in [0.25, 0.3) is 0 Å². The summed E-state index contributed by atoms with van der Waals surface area (Å²) in [6.45, 7) is 4.20. The molecule has 1 aromatic rings. The molecule has 1 saturated heterocycles. The van der Waals surface area contributed by atoms with E-state index in [0.717, 1.165) is 25.7 Å². The van der Waals surface area contributed by atoms with Crippen LogP contribution < -0.4 is 0 Å². The summed E-state index contributed by atoms with van der Waals surface area (Å²) in [6.07, 6.45) is 5.06. The zero-order valence-electron chi connectivity index (χ0n) is 12.2. The molecule has 0 N–H and O–H groups in total. The number of ketones is 1. The van der Waals surface area contributed by atoms with Crippen LogP contribution in [0.4, 0.5) is 0 Å². The Bertz CT molecular complexity index is 464. The molecule has 1 aliphatic rings. The Morgan fingerprint density at radius 3 is 2.50 bits per heavy atom. The quantitative estimate of drug-likeness (QED) is 0.579. The molecule has 2 rings (SSSR count). The lowest BCUT2D eigenvalue weighted by Gasteiger charge is -2.07. The molecule has 0 radical (unpaired) electrons. The molecular weight excluding hydrogens is 252 g/mol. The monoisotopic (exact) mass is 274 g/mol. The smallest absolute Gasteiger partial charge is 0.200 e. The number of rotatable bonds is 6. The van der Waals surface area contributed by atoms with Crippen LogP contribution in [0.3, 0.4) is 0 Å². The highest BCUT2D eigenvalue weighted by atomic mass is 16.7. The predicted octanol–water partition coefficient (Wildman–Crippen LogP) is 4.09. The molecule has 1 aliphatic heterocycles. The Kier molecular flexibility index (Phi) is 5.36. The van der Waals surface area contributed by atoms with E-state index in [-0.39, 0.29) is 18.2 Å². The second-order valence-electron chi connectivity index (χ2n) is 5.03. The lowest BCUT2D eigenvalue weighted by Crippen LogP contribution is -2.11. The van der Waals surface area contributed by atoms with Crippen molar-refractivity contribution in [3.63, 3.8) is 0 Å². The SMILES string of the molecule is CCCC1O/C(=C/C(=O)c2ccccc2)C(CCC)O1. The highest BCUT2D eigenvalue weighted by Gasteiger charge is 2.31. The molecule has 1 fully saturated rings. The number of ether oxygens (including phenoxy) is 2. The summed E-state index contributed by atoms with van der Waals surface area (Å²) in [5.41, 5.74) is 0.679. The van der Waals surface area contributed by atoms with Crippen LogP contribution >= 0.6 is 0 Å². The number of carbonyl (C=O) groups excluding carboxylic acids is 1. The Hall–Kier alpha value is -1.61. The number of benzene rings is 1. The number of hydrogen-bond donors (Lipinski definition) is 0. The first kappa shape index (κ1) is 14.8. The van der Waals surface area contributed by atoms with Crippen LogP contribution in [0.2, 0.25) is 0 Å². The van der Waals surface area contributed by atoms with Crippen molar-refractivity contribution in [3.05, 3.63) is 47.7 Å². The summed E-state index contributed by atoms with van der Waals surface area (Å²) < 4.78 is 11.6. The lowest BCUT2D eigenvalue weighted by atomic mass is 10.1. The van der Waals surface area contributed by atoms with Gasteiger partial charge in [-0.15, -0.1) is 0 Å². The molecule has 108 valence electrons. The highest BCUT2D eigenvalue weighted by molar-refractivity contribution is 6.04. The Labute approximate surface area is 120 Å². The molecule has 3 heteroatoms. The predicted molar refractivity (Wildman–Crippen MR) is 78.4 cm³/mol. The van der Waals surface area contributed by atoms with Gasteiger partial charge in [0.05, 0.1) is 0 Å². The van der Waals surface area contributed by atoms with Gasteiger partial charge in [-0.2, -0.15) is 0 Å². The van der Waals surface area contributed by atoms with Crippen LogP contribution in [0, 0.1) is 0 Å². The third kappa shape index (κ3) is 3.70. The fourth-order valence-electron chi connectivity index (χ4n) is 2.28. The van der Waals surface area contributed by atoms with Gasteiger partial charge in [-0.25, -0.2) is 0 Å². The van der Waals surface area contributed by atoms with Crippen molar-refractivity contribution in [1.82, 2.24) is 0 Å². The standard InChI is InChI=1S/C17H22O3/c1-3-8-15-16(20-17(19-15)9-4-2)12-14(18)13-10-6-5-7-11-13/h5-7,10-12,15,17H,3-4,8-9H2,1-2H3/b16-12+. The molecule has 0 aromatic heterocycles. The van der Waals surface area contributed by atoms with E-state index in [1.165, 1.54) is 0 Å². The molecule has 0 bridgehead atoms. The molecule has 1 aromatic carbocycles.